The number of benzene rings is 3. The molecule has 1 aromatic heterocycles. The first-order valence-corrected chi connectivity index (χ1v) is 9.10. The second kappa shape index (κ2) is 6.52. The number of nitrogens with one attached hydrogen (secondary N) is 1. The zero-order chi connectivity index (χ0) is 18.2. The summed E-state index contributed by atoms with van der Waals surface area (Å²) >= 11 is 6.07. The number of hydrogen-bond acceptors (Lipinski definition) is 3. The molecule has 27 heavy (non-hydrogen) atoms. The normalized spacial score (nSPS) is 15.2. The molecule has 0 aliphatic carbocycles. The van der Waals surface area contributed by atoms with Gasteiger partial charge < -0.3 is 5.32 Å². The van der Waals surface area contributed by atoms with Crippen LogP contribution in [0.15, 0.2) is 78.3 Å². The van der Waals surface area contributed by atoms with Crippen LogP contribution in [0.25, 0.3) is 10.8 Å². The van der Waals surface area contributed by atoms with E-state index in [2.05, 4.69) is 51.8 Å². The van der Waals surface area contributed by atoms with Crippen molar-refractivity contribution in [3.8, 4) is 0 Å². The lowest BCUT2D eigenvalue weighted by atomic mass is 10.0. The summed E-state index contributed by atoms with van der Waals surface area (Å²) in [5.74, 6) is 0.877. The summed E-state index contributed by atoms with van der Waals surface area (Å²) in [6.07, 6.45) is 3.25. The molecule has 4 aromatic rings. The molecular weight excluding hydrogens is 358 g/mol. The van der Waals surface area contributed by atoms with Gasteiger partial charge in [-0.3, -0.25) is 9.67 Å². The Morgan fingerprint density at radius 1 is 1.04 bits per heavy atom. The van der Waals surface area contributed by atoms with Crippen LogP contribution in [0, 0.1) is 0 Å². The molecule has 6 heteroatoms. The Hall–Kier alpha value is -3.18. The fourth-order valence-corrected chi connectivity index (χ4v) is 3.63. The van der Waals surface area contributed by atoms with Gasteiger partial charge in [0, 0.05) is 21.7 Å². The molecule has 0 saturated carbocycles. The first-order valence-electron chi connectivity index (χ1n) is 8.73. The van der Waals surface area contributed by atoms with E-state index in [0.717, 1.165) is 22.6 Å². The van der Waals surface area contributed by atoms with Crippen molar-refractivity contribution in [1.29, 1.82) is 0 Å². The number of hydrogen-bond donors (Lipinski definition) is 1. The van der Waals surface area contributed by atoms with Crippen LogP contribution < -0.4 is 5.32 Å². The van der Waals surface area contributed by atoms with E-state index in [4.69, 9.17) is 16.6 Å². The van der Waals surface area contributed by atoms with E-state index in [1.807, 2.05) is 24.3 Å². The van der Waals surface area contributed by atoms with Gasteiger partial charge in [-0.1, -0.05) is 54.1 Å². The molecule has 0 spiro atoms. The molecule has 132 valence electrons. The molecule has 5 rings (SSSR count). The quantitative estimate of drug-likeness (QED) is 0.564. The van der Waals surface area contributed by atoms with Crippen LogP contribution in [0.3, 0.4) is 0 Å². The Kier molecular flexibility index (Phi) is 3.87. The van der Waals surface area contributed by atoms with Crippen LogP contribution in [0.1, 0.15) is 17.2 Å². The van der Waals surface area contributed by atoms with Crippen molar-refractivity contribution >= 4 is 33.9 Å². The number of nitrogens with zero attached hydrogens (tertiary/aromatic N) is 4. The van der Waals surface area contributed by atoms with Gasteiger partial charge in [0.1, 0.15) is 18.5 Å². The smallest absolute Gasteiger partial charge is 0.137 e. The second-order valence-corrected chi connectivity index (χ2v) is 6.93. The summed E-state index contributed by atoms with van der Waals surface area (Å²) < 4.78 is 1.80. The summed E-state index contributed by atoms with van der Waals surface area (Å²) in [4.78, 5) is 9.11. The number of amidine groups is 1. The molecule has 1 aliphatic heterocycles. The zero-order valence-electron chi connectivity index (χ0n) is 14.4. The SMILES string of the molecule is Clc1ccc(C(Cn2cncn2)N=C2Nc3cccc4cccc2c34)cc1. The summed E-state index contributed by atoms with van der Waals surface area (Å²) in [6.45, 7) is 0.596. The molecule has 0 saturated heterocycles. The van der Waals surface area contributed by atoms with Crippen molar-refractivity contribution in [3.05, 3.63) is 89.5 Å². The van der Waals surface area contributed by atoms with Gasteiger partial charge in [-0.15, -0.1) is 0 Å². The van der Waals surface area contributed by atoms with Crippen LogP contribution in [-0.2, 0) is 6.54 Å². The number of aromatic nitrogens is 3. The largest absolute Gasteiger partial charge is 0.339 e. The van der Waals surface area contributed by atoms with Crippen molar-refractivity contribution < 1.29 is 0 Å². The number of rotatable bonds is 4. The summed E-state index contributed by atoms with van der Waals surface area (Å²) in [7, 11) is 0. The molecule has 1 atom stereocenters. The maximum absolute atomic E-state index is 6.07. The van der Waals surface area contributed by atoms with Crippen molar-refractivity contribution in [2.75, 3.05) is 5.32 Å². The lowest BCUT2D eigenvalue weighted by Gasteiger charge is -2.15. The molecule has 1 aliphatic rings. The van der Waals surface area contributed by atoms with Gasteiger partial charge in [-0.2, -0.15) is 5.10 Å². The highest BCUT2D eigenvalue weighted by molar-refractivity contribution is 6.30. The third-order valence-corrected chi connectivity index (χ3v) is 5.03. The average Bonchev–Trinajstić information content (AvgIpc) is 3.32. The Balaban J connectivity index is 1.59. The van der Waals surface area contributed by atoms with Crippen LogP contribution in [-0.4, -0.2) is 20.6 Å². The fraction of sp³-hybridized carbons (Fsp3) is 0.0952. The van der Waals surface area contributed by atoms with Crippen LogP contribution in [0.2, 0.25) is 5.02 Å². The average molecular weight is 374 g/mol. The summed E-state index contributed by atoms with van der Waals surface area (Å²) in [5, 5.41) is 10.9. The Labute approximate surface area is 161 Å². The third-order valence-electron chi connectivity index (χ3n) is 4.78. The molecule has 0 fully saturated rings. The highest BCUT2D eigenvalue weighted by atomic mass is 35.5. The highest BCUT2D eigenvalue weighted by Crippen LogP contribution is 2.34. The van der Waals surface area contributed by atoms with Gasteiger partial charge >= 0.3 is 0 Å². The van der Waals surface area contributed by atoms with Gasteiger partial charge in [-0.25, -0.2) is 4.98 Å². The predicted molar refractivity (Wildman–Crippen MR) is 108 cm³/mol. The van der Waals surface area contributed by atoms with Gasteiger partial charge in [0.25, 0.3) is 0 Å². The minimum Gasteiger partial charge on any atom is -0.339 e. The third kappa shape index (κ3) is 2.96. The lowest BCUT2D eigenvalue weighted by molar-refractivity contribution is 0.528. The Morgan fingerprint density at radius 2 is 1.85 bits per heavy atom. The number of aliphatic imine (C=N–C) groups is 1. The second-order valence-electron chi connectivity index (χ2n) is 6.50. The van der Waals surface area contributed by atoms with Crippen molar-refractivity contribution in [2.45, 2.75) is 12.6 Å². The standard InChI is InChI=1S/C21H16ClN5/c22-16-9-7-14(8-10-16)19(11-27-13-23-12-24-27)26-21-17-5-1-3-15-4-2-6-18(25-21)20(15)17/h1-10,12-13,19H,11H2,(H,25,26). The van der Waals surface area contributed by atoms with E-state index in [0.29, 0.717) is 11.6 Å². The minimum atomic E-state index is -0.115. The molecule has 1 N–H and O–H groups in total. The molecular formula is C21H16ClN5. The van der Waals surface area contributed by atoms with Crippen LogP contribution in [0.4, 0.5) is 5.69 Å². The molecule has 1 unspecified atom stereocenters. The predicted octanol–water partition coefficient (Wildman–Crippen LogP) is 4.70. The van der Waals surface area contributed by atoms with E-state index >= 15 is 0 Å². The van der Waals surface area contributed by atoms with E-state index in [-0.39, 0.29) is 6.04 Å². The maximum Gasteiger partial charge on any atom is 0.137 e. The van der Waals surface area contributed by atoms with Crippen molar-refractivity contribution in [2.24, 2.45) is 4.99 Å². The van der Waals surface area contributed by atoms with Crippen molar-refractivity contribution in [3.63, 3.8) is 0 Å². The number of halogens is 1. The van der Waals surface area contributed by atoms with Crippen molar-refractivity contribution in [1.82, 2.24) is 14.8 Å². The van der Waals surface area contributed by atoms with Gasteiger partial charge in [0.2, 0.25) is 0 Å². The summed E-state index contributed by atoms with van der Waals surface area (Å²) in [5.41, 5.74) is 3.30. The molecule has 3 aromatic carbocycles. The maximum atomic E-state index is 6.07. The highest BCUT2D eigenvalue weighted by Gasteiger charge is 2.21. The lowest BCUT2D eigenvalue weighted by Crippen LogP contribution is -2.14. The Morgan fingerprint density at radius 3 is 2.63 bits per heavy atom. The van der Waals surface area contributed by atoms with E-state index in [1.54, 1.807) is 11.0 Å². The number of anilines is 1. The first kappa shape index (κ1) is 16.0. The molecule has 0 amide bonds. The molecule has 5 nitrogen and oxygen atoms in total. The van der Waals surface area contributed by atoms with Gasteiger partial charge in [-0.05, 0) is 29.1 Å². The topological polar surface area (TPSA) is 55.1 Å². The van der Waals surface area contributed by atoms with Crippen LogP contribution >= 0.6 is 11.6 Å². The van der Waals surface area contributed by atoms with E-state index in [9.17, 15) is 0 Å². The minimum absolute atomic E-state index is 0.115. The van der Waals surface area contributed by atoms with E-state index < -0.39 is 0 Å². The monoisotopic (exact) mass is 373 g/mol. The molecule has 0 bridgehead atoms. The van der Waals surface area contributed by atoms with Gasteiger partial charge in [0.05, 0.1) is 12.6 Å². The first-order chi connectivity index (χ1) is 13.3. The molecule has 2 heterocycles. The summed E-state index contributed by atoms with van der Waals surface area (Å²) in [6, 6.07) is 20.3. The Bertz CT molecular complexity index is 1130. The van der Waals surface area contributed by atoms with Gasteiger partial charge in [0.15, 0.2) is 0 Å². The fourth-order valence-electron chi connectivity index (χ4n) is 3.50. The van der Waals surface area contributed by atoms with Crippen LogP contribution in [0.5, 0.6) is 0 Å². The van der Waals surface area contributed by atoms with E-state index in [1.165, 1.54) is 17.1 Å². The zero-order valence-corrected chi connectivity index (χ0v) is 15.1. The molecule has 0 radical (unpaired) electrons.